The highest BCUT2D eigenvalue weighted by Crippen LogP contribution is 2.28. The number of hydrogen-bond donors (Lipinski definition) is 2. The summed E-state index contributed by atoms with van der Waals surface area (Å²) in [7, 11) is 0. The highest BCUT2D eigenvalue weighted by molar-refractivity contribution is 7.71. The molecule has 122 valence electrons. The van der Waals surface area contributed by atoms with E-state index in [1.54, 1.807) is 36.7 Å². The molecule has 3 rings (SSSR count). The van der Waals surface area contributed by atoms with Gasteiger partial charge in [0.1, 0.15) is 0 Å². The summed E-state index contributed by atoms with van der Waals surface area (Å²) in [6, 6.07) is 8.87. The minimum atomic E-state index is 0.0287. The van der Waals surface area contributed by atoms with Gasteiger partial charge in [-0.1, -0.05) is 6.07 Å². The third kappa shape index (κ3) is 3.18. The summed E-state index contributed by atoms with van der Waals surface area (Å²) in [6.07, 6.45) is 4.85. The Morgan fingerprint density at radius 2 is 2.25 bits per heavy atom. The lowest BCUT2D eigenvalue weighted by Gasteiger charge is -2.07. The van der Waals surface area contributed by atoms with Crippen molar-refractivity contribution in [3.05, 3.63) is 53.1 Å². The van der Waals surface area contributed by atoms with Crippen LogP contribution < -0.4 is 4.74 Å². The van der Waals surface area contributed by atoms with Crippen LogP contribution in [0.15, 0.2) is 47.8 Å². The molecule has 24 heavy (non-hydrogen) atoms. The molecule has 0 saturated heterocycles. The SMILES string of the molecule is CCOc1cccc(/C=N\n2c(-c3cccnc3)n[nH]c2=S)c1O. The average molecular weight is 341 g/mol. The van der Waals surface area contributed by atoms with Gasteiger partial charge < -0.3 is 9.84 Å². The molecule has 8 heteroatoms. The summed E-state index contributed by atoms with van der Waals surface area (Å²) < 4.78 is 7.18. The zero-order valence-corrected chi connectivity index (χ0v) is 13.7. The van der Waals surface area contributed by atoms with Crippen molar-refractivity contribution >= 4 is 18.4 Å². The molecule has 0 unspecified atom stereocenters. The van der Waals surface area contributed by atoms with Gasteiger partial charge in [0, 0.05) is 23.5 Å². The lowest BCUT2D eigenvalue weighted by atomic mass is 10.2. The number of rotatable bonds is 5. The topological polar surface area (TPSA) is 88.3 Å². The van der Waals surface area contributed by atoms with Gasteiger partial charge in [0.2, 0.25) is 4.77 Å². The van der Waals surface area contributed by atoms with Gasteiger partial charge in [0.05, 0.1) is 12.8 Å². The van der Waals surface area contributed by atoms with E-state index in [2.05, 4.69) is 20.3 Å². The highest BCUT2D eigenvalue weighted by atomic mass is 32.1. The quantitative estimate of drug-likeness (QED) is 0.550. The summed E-state index contributed by atoms with van der Waals surface area (Å²) in [6.45, 7) is 2.32. The molecule has 0 aliphatic rings. The number of phenolic OH excluding ortho intramolecular Hbond substituents is 1. The number of H-pyrrole nitrogens is 1. The number of aromatic nitrogens is 4. The van der Waals surface area contributed by atoms with Crippen LogP contribution in [0.3, 0.4) is 0 Å². The number of nitrogens with one attached hydrogen (secondary N) is 1. The van der Waals surface area contributed by atoms with Gasteiger partial charge in [-0.3, -0.25) is 4.98 Å². The maximum Gasteiger partial charge on any atom is 0.216 e. The molecule has 0 aliphatic carbocycles. The molecular formula is C16H15N5O2S. The van der Waals surface area contributed by atoms with Crippen LogP contribution in [0, 0.1) is 4.77 Å². The summed E-state index contributed by atoms with van der Waals surface area (Å²) in [5, 5.41) is 21.4. The Morgan fingerprint density at radius 1 is 1.38 bits per heavy atom. The number of para-hydroxylation sites is 1. The van der Waals surface area contributed by atoms with Crippen molar-refractivity contribution < 1.29 is 9.84 Å². The first-order valence-electron chi connectivity index (χ1n) is 7.27. The smallest absolute Gasteiger partial charge is 0.216 e. The predicted molar refractivity (Wildman–Crippen MR) is 92.9 cm³/mol. The monoisotopic (exact) mass is 341 g/mol. The number of aromatic hydroxyl groups is 1. The van der Waals surface area contributed by atoms with Crippen LogP contribution in [-0.2, 0) is 0 Å². The lowest BCUT2D eigenvalue weighted by Crippen LogP contribution is -1.97. The van der Waals surface area contributed by atoms with E-state index in [1.807, 2.05) is 13.0 Å². The van der Waals surface area contributed by atoms with E-state index >= 15 is 0 Å². The van der Waals surface area contributed by atoms with E-state index < -0.39 is 0 Å². The van der Waals surface area contributed by atoms with Gasteiger partial charge in [0.25, 0.3) is 0 Å². The van der Waals surface area contributed by atoms with E-state index in [-0.39, 0.29) is 5.75 Å². The summed E-state index contributed by atoms with van der Waals surface area (Å²) in [5.74, 6) is 0.968. The Balaban J connectivity index is 1.98. The van der Waals surface area contributed by atoms with Crippen LogP contribution >= 0.6 is 12.2 Å². The largest absolute Gasteiger partial charge is 0.504 e. The van der Waals surface area contributed by atoms with Crippen molar-refractivity contribution in [2.24, 2.45) is 5.10 Å². The van der Waals surface area contributed by atoms with Gasteiger partial charge >= 0.3 is 0 Å². The third-order valence-electron chi connectivity index (χ3n) is 3.21. The van der Waals surface area contributed by atoms with Crippen LogP contribution in [0.5, 0.6) is 11.5 Å². The van der Waals surface area contributed by atoms with Crippen LogP contribution in [0.25, 0.3) is 11.4 Å². The number of pyridine rings is 1. The van der Waals surface area contributed by atoms with Gasteiger partial charge in [-0.2, -0.15) is 14.9 Å². The second-order valence-electron chi connectivity index (χ2n) is 4.78. The Labute approximate surface area is 143 Å². The first-order valence-corrected chi connectivity index (χ1v) is 7.68. The molecule has 3 aromatic rings. The van der Waals surface area contributed by atoms with Crippen molar-refractivity contribution in [3.8, 4) is 22.9 Å². The van der Waals surface area contributed by atoms with E-state index in [1.165, 1.54) is 10.9 Å². The first kappa shape index (κ1) is 15.9. The first-order chi connectivity index (χ1) is 11.7. The molecule has 0 aliphatic heterocycles. The highest BCUT2D eigenvalue weighted by Gasteiger charge is 2.09. The molecule has 2 N–H and O–H groups in total. The average Bonchev–Trinajstić information content (AvgIpc) is 2.97. The third-order valence-corrected chi connectivity index (χ3v) is 3.48. The standard InChI is InChI=1S/C16H15N5O2S/c1-2-23-13-7-3-5-11(14(13)22)10-18-21-15(19-20-16(21)24)12-6-4-8-17-9-12/h3-10,22H,2H2,1H3,(H,20,24)/b18-10-. The van der Waals surface area contributed by atoms with Crippen LogP contribution in [0.4, 0.5) is 0 Å². The van der Waals surface area contributed by atoms with Crippen LogP contribution in [0.1, 0.15) is 12.5 Å². The fraction of sp³-hybridized carbons (Fsp3) is 0.125. The second kappa shape index (κ2) is 7.05. The zero-order chi connectivity index (χ0) is 16.9. The van der Waals surface area contributed by atoms with E-state index in [0.29, 0.717) is 28.5 Å². The Bertz CT molecular complexity index is 918. The summed E-state index contributed by atoms with van der Waals surface area (Å²) in [4.78, 5) is 4.07. The van der Waals surface area contributed by atoms with Gasteiger partial charge in [-0.15, -0.1) is 0 Å². The molecule has 7 nitrogen and oxygen atoms in total. The fourth-order valence-corrected chi connectivity index (χ4v) is 2.30. The predicted octanol–water partition coefficient (Wildman–Crippen LogP) is 2.99. The van der Waals surface area contributed by atoms with Crippen molar-refractivity contribution in [2.45, 2.75) is 6.92 Å². The Morgan fingerprint density at radius 3 is 3.00 bits per heavy atom. The molecule has 0 spiro atoms. The number of nitrogens with zero attached hydrogens (tertiary/aromatic N) is 4. The number of phenols is 1. The summed E-state index contributed by atoms with van der Waals surface area (Å²) in [5.41, 5.74) is 1.29. The molecule has 2 aromatic heterocycles. The zero-order valence-electron chi connectivity index (χ0n) is 12.9. The number of hydrogen-bond acceptors (Lipinski definition) is 6. The molecule has 1 aromatic carbocycles. The van der Waals surface area contributed by atoms with E-state index in [9.17, 15) is 5.11 Å². The van der Waals surface area contributed by atoms with E-state index in [4.69, 9.17) is 17.0 Å². The van der Waals surface area contributed by atoms with Crippen molar-refractivity contribution in [1.29, 1.82) is 0 Å². The molecular weight excluding hydrogens is 326 g/mol. The van der Waals surface area contributed by atoms with Crippen molar-refractivity contribution in [2.75, 3.05) is 6.61 Å². The normalized spacial score (nSPS) is 11.0. The lowest BCUT2D eigenvalue weighted by molar-refractivity contribution is 0.318. The van der Waals surface area contributed by atoms with Gasteiger partial charge in [0.15, 0.2) is 17.3 Å². The number of benzene rings is 1. The minimum absolute atomic E-state index is 0.0287. The number of aromatic amines is 1. The molecule has 0 amide bonds. The molecule has 0 radical (unpaired) electrons. The molecule has 2 heterocycles. The molecule has 0 fully saturated rings. The molecule has 0 atom stereocenters. The van der Waals surface area contributed by atoms with Crippen molar-refractivity contribution in [1.82, 2.24) is 19.9 Å². The van der Waals surface area contributed by atoms with Crippen LogP contribution in [0.2, 0.25) is 0 Å². The minimum Gasteiger partial charge on any atom is -0.504 e. The Hall–Kier alpha value is -3.00. The fourth-order valence-electron chi connectivity index (χ4n) is 2.12. The second-order valence-corrected chi connectivity index (χ2v) is 5.16. The maximum absolute atomic E-state index is 10.2. The number of ether oxygens (including phenoxy) is 1. The van der Waals surface area contributed by atoms with E-state index in [0.717, 1.165) is 5.56 Å². The Kier molecular flexibility index (Phi) is 4.66. The van der Waals surface area contributed by atoms with Crippen molar-refractivity contribution in [3.63, 3.8) is 0 Å². The van der Waals surface area contributed by atoms with Gasteiger partial charge in [-0.05, 0) is 43.4 Å². The maximum atomic E-state index is 10.2. The van der Waals surface area contributed by atoms with Crippen LogP contribution in [-0.4, -0.2) is 37.8 Å². The molecule has 0 bridgehead atoms. The van der Waals surface area contributed by atoms with Gasteiger partial charge in [-0.25, -0.2) is 5.10 Å². The summed E-state index contributed by atoms with van der Waals surface area (Å²) >= 11 is 5.21. The molecule has 0 saturated carbocycles.